The molecule has 0 bridgehead atoms. The Morgan fingerprint density at radius 3 is 2.85 bits per heavy atom. The molecule has 0 saturated carbocycles. The molecule has 2 N–H and O–H groups in total. The van der Waals surface area contributed by atoms with Gasteiger partial charge < -0.3 is 15.2 Å². The number of halogens is 2. The number of carbonyl (C=O) groups is 1. The Morgan fingerprint density at radius 1 is 1.37 bits per heavy atom. The molecule has 1 aliphatic rings. The Hall–Kier alpha value is -1.71. The lowest BCUT2D eigenvalue weighted by Gasteiger charge is -2.08. The smallest absolute Gasteiger partial charge is 0.264 e. The fourth-order valence-corrected chi connectivity index (χ4v) is 4.12. The predicted octanol–water partition coefficient (Wildman–Crippen LogP) is 5.25. The summed E-state index contributed by atoms with van der Waals surface area (Å²) in [5.41, 5.74) is 2.44. The van der Waals surface area contributed by atoms with Crippen LogP contribution in [0.5, 0.6) is 11.5 Å². The molecule has 2 aromatic rings. The van der Waals surface area contributed by atoms with Gasteiger partial charge in [-0.2, -0.15) is 0 Å². The number of amides is 1. The van der Waals surface area contributed by atoms with Crippen molar-refractivity contribution >= 4 is 68.8 Å². The van der Waals surface area contributed by atoms with Gasteiger partial charge in [0.05, 0.1) is 20.8 Å². The van der Waals surface area contributed by atoms with Crippen molar-refractivity contribution in [3.63, 3.8) is 0 Å². The summed E-state index contributed by atoms with van der Waals surface area (Å²) in [6.45, 7) is 4.20. The minimum atomic E-state index is -0.216. The van der Waals surface area contributed by atoms with Crippen molar-refractivity contribution in [2.45, 2.75) is 13.8 Å². The van der Waals surface area contributed by atoms with E-state index in [9.17, 15) is 9.90 Å². The Morgan fingerprint density at radius 2 is 2.15 bits per heavy atom. The van der Waals surface area contributed by atoms with Crippen molar-refractivity contribution in [2.75, 3.05) is 6.61 Å². The Balaban J connectivity index is 1.88. The second-order valence-corrected chi connectivity index (χ2v) is 8.32. The number of aromatic hydroxyl groups is 1. The van der Waals surface area contributed by atoms with Gasteiger partial charge in [0.25, 0.3) is 5.91 Å². The van der Waals surface area contributed by atoms with Gasteiger partial charge in [0, 0.05) is 5.02 Å². The van der Waals surface area contributed by atoms with Crippen LogP contribution in [0, 0.1) is 10.5 Å². The minimum absolute atomic E-state index is 0.101. The van der Waals surface area contributed by atoms with Gasteiger partial charge in [-0.1, -0.05) is 11.6 Å². The maximum Gasteiger partial charge on any atom is 0.264 e. The van der Waals surface area contributed by atoms with E-state index in [-0.39, 0.29) is 11.7 Å². The topological polar surface area (TPSA) is 70.9 Å². The van der Waals surface area contributed by atoms with Crippen LogP contribution in [-0.4, -0.2) is 22.8 Å². The van der Waals surface area contributed by atoms with Crippen LogP contribution >= 0.6 is 46.0 Å². The second kappa shape index (κ2) is 8.53. The molecule has 5 nitrogen and oxygen atoms in total. The third kappa shape index (κ3) is 4.77. The zero-order valence-corrected chi connectivity index (χ0v) is 18.3. The molecule has 1 fully saturated rings. The number of phenols is 1. The van der Waals surface area contributed by atoms with Crippen LogP contribution < -0.4 is 10.1 Å². The van der Waals surface area contributed by atoms with Crippen LogP contribution in [-0.2, 0) is 4.79 Å². The average molecular weight is 515 g/mol. The number of carbonyl (C=O) groups excluding carboxylic acids is 1. The summed E-state index contributed by atoms with van der Waals surface area (Å²) in [5, 5.41) is 14.0. The zero-order chi connectivity index (χ0) is 19.6. The van der Waals surface area contributed by atoms with Gasteiger partial charge in [0.1, 0.15) is 0 Å². The summed E-state index contributed by atoms with van der Waals surface area (Å²) in [4.78, 5) is 17.3. The number of nitrogens with one attached hydrogen (secondary N) is 1. The van der Waals surface area contributed by atoms with E-state index in [0.29, 0.717) is 31.0 Å². The molecular formula is C19H16ClIN2O3S. The number of aryl methyl sites for hydroxylation is 1. The summed E-state index contributed by atoms with van der Waals surface area (Å²) in [7, 11) is 0. The quantitative estimate of drug-likeness (QED) is 0.432. The van der Waals surface area contributed by atoms with E-state index in [1.807, 2.05) is 48.6 Å². The van der Waals surface area contributed by atoms with E-state index >= 15 is 0 Å². The molecule has 1 amide bonds. The molecule has 0 unspecified atom stereocenters. The number of hydrogen-bond acceptors (Lipinski definition) is 5. The lowest BCUT2D eigenvalue weighted by atomic mass is 10.2. The van der Waals surface area contributed by atoms with Crippen molar-refractivity contribution in [1.29, 1.82) is 0 Å². The summed E-state index contributed by atoms with van der Waals surface area (Å²) >= 11 is 9.26. The first-order valence-corrected chi connectivity index (χ1v) is 10.4. The molecule has 27 heavy (non-hydrogen) atoms. The molecule has 0 aromatic heterocycles. The van der Waals surface area contributed by atoms with Crippen molar-refractivity contribution in [1.82, 2.24) is 5.32 Å². The van der Waals surface area contributed by atoms with Crippen LogP contribution in [0.4, 0.5) is 5.69 Å². The molecule has 1 saturated heterocycles. The van der Waals surface area contributed by atoms with Crippen LogP contribution in [0.1, 0.15) is 18.1 Å². The first kappa shape index (κ1) is 20.0. The molecule has 1 aliphatic heterocycles. The van der Waals surface area contributed by atoms with E-state index in [2.05, 4.69) is 10.3 Å². The van der Waals surface area contributed by atoms with Crippen LogP contribution in [0.2, 0.25) is 5.02 Å². The number of benzene rings is 2. The summed E-state index contributed by atoms with van der Waals surface area (Å²) in [6.07, 6.45) is 1.75. The van der Waals surface area contributed by atoms with E-state index in [0.717, 1.165) is 16.8 Å². The van der Waals surface area contributed by atoms with Gasteiger partial charge in [-0.3, -0.25) is 4.79 Å². The van der Waals surface area contributed by atoms with Gasteiger partial charge in [0.2, 0.25) is 0 Å². The highest BCUT2D eigenvalue weighted by Crippen LogP contribution is 2.35. The number of aliphatic imine (C=N–C) groups is 1. The molecule has 8 heteroatoms. The van der Waals surface area contributed by atoms with Crippen molar-refractivity contribution in [2.24, 2.45) is 4.99 Å². The van der Waals surface area contributed by atoms with Gasteiger partial charge >= 0.3 is 0 Å². The van der Waals surface area contributed by atoms with Crippen LogP contribution in [0.15, 0.2) is 40.2 Å². The summed E-state index contributed by atoms with van der Waals surface area (Å²) in [6, 6.07) is 8.90. The molecule has 0 spiro atoms. The van der Waals surface area contributed by atoms with Crippen molar-refractivity contribution in [3.05, 3.63) is 55.0 Å². The van der Waals surface area contributed by atoms with E-state index < -0.39 is 0 Å². The molecular weight excluding hydrogens is 499 g/mol. The molecule has 0 radical (unpaired) electrons. The highest BCUT2D eigenvalue weighted by molar-refractivity contribution is 14.1. The number of hydrogen-bond donors (Lipinski definition) is 2. The largest absolute Gasteiger partial charge is 0.504 e. The van der Waals surface area contributed by atoms with E-state index in [1.54, 1.807) is 24.3 Å². The SMILES string of the molecule is CCOc1cc(/C=C2\SC(=Nc3ccc(Cl)cc3C)NC2=O)cc(I)c1O. The highest BCUT2D eigenvalue weighted by Gasteiger charge is 2.24. The normalized spacial score (nSPS) is 16.8. The Kier molecular flexibility index (Phi) is 6.33. The fraction of sp³-hybridized carbons (Fsp3) is 0.158. The molecule has 0 aliphatic carbocycles. The third-order valence-electron chi connectivity index (χ3n) is 3.68. The number of nitrogens with zero attached hydrogens (tertiary/aromatic N) is 1. The first-order chi connectivity index (χ1) is 12.9. The van der Waals surface area contributed by atoms with Crippen LogP contribution in [0.3, 0.4) is 0 Å². The Labute approximate surface area is 180 Å². The summed E-state index contributed by atoms with van der Waals surface area (Å²) < 4.78 is 6.10. The highest BCUT2D eigenvalue weighted by atomic mass is 127. The number of amidine groups is 1. The van der Waals surface area contributed by atoms with Gasteiger partial charge in [0.15, 0.2) is 16.7 Å². The third-order valence-corrected chi connectivity index (χ3v) is 5.65. The minimum Gasteiger partial charge on any atom is -0.504 e. The Bertz CT molecular complexity index is 976. The maximum atomic E-state index is 12.3. The standard InChI is InChI=1S/C19H16ClIN2O3S/c1-3-26-15-8-11(7-13(21)17(15)24)9-16-18(25)23-19(27-16)22-14-5-4-12(20)6-10(14)2/h4-9,24H,3H2,1-2H3,(H,22,23,25)/b16-9-. The van der Waals surface area contributed by atoms with Crippen LogP contribution in [0.25, 0.3) is 6.08 Å². The lowest BCUT2D eigenvalue weighted by molar-refractivity contribution is -0.115. The fourth-order valence-electron chi connectivity index (χ4n) is 2.43. The monoisotopic (exact) mass is 514 g/mol. The van der Waals surface area contributed by atoms with Gasteiger partial charge in [-0.05, 0) is 95.7 Å². The second-order valence-electron chi connectivity index (χ2n) is 5.70. The molecule has 2 aromatic carbocycles. The predicted molar refractivity (Wildman–Crippen MR) is 119 cm³/mol. The maximum absolute atomic E-state index is 12.3. The van der Waals surface area contributed by atoms with E-state index in [1.165, 1.54) is 11.8 Å². The first-order valence-electron chi connectivity index (χ1n) is 8.08. The lowest BCUT2D eigenvalue weighted by Crippen LogP contribution is -2.19. The number of thioether (sulfide) groups is 1. The van der Waals surface area contributed by atoms with E-state index in [4.69, 9.17) is 16.3 Å². The molecule has 3 rings (SSSR count). The summed E-state index contributed by atoms with van der Waals surface area (Å²) in [5.74, 6) is 0.278. The molecule has 140 valence electrons. The average Bonchev–Trinajstić information content (AvgIpc) is 2.94. The van der Waals surface area contributed by atoms with Crippen molar-refractivity contribution < 1.29 is 14.6 Å². The van der Waals surface area contributed by atoms with Crippen molar-refractivity contribution in [3.8, 4) is 11.5 Å². The molecule has 0 atom stereocenters. The number of rotatable bonds is 4. The van der Waals surface area contributed by atoms with Gasteiger partial charge in [-0.25, -0.2) is 4.99 Å². The van der Waals surface area contributed by atoms with Gasteiger partial charge in [-0.15, -0.1) is 0 Å². The number of ether oxygens (including phenoxy) is 1. The molecule has 1 heterocycles. The zero-order valence-electron chi connectivity index (χ0n) is 14.5. The number of phenolic OH excluding ortho intramolecular Hbond substituents is 1.